The molecule has 1 aliphatic heterocycles. The van der Waals surface area contributed by atoms with E-state index in [9.17, 15) is 13.5 Å². The minimum atomic E-state index is -3.43. The van der Waals surface area contributed by atoms with Crippen LogP contribution in [0, 0.1) is 5.92 Å². The quantitative estimate of drug-likeness (QED) is 0.570. The fourth-order valence-electron chi connectivity index (χ4n) is 1.40. The van der Waals surface area contributed by atoms with Crippen LogP contribution < -0.4 is 10.0 Å². The Hall–Kier alpha value is -0.210. The normalized spacial score (nSPS) is 21.2. The van der Waals surface area contributed by atoms with E-state index in [1.165, 1.54) is 4.31 Å². The number of rotatable bonds is 5. The lowest BCUT2D eigenvalue weighted by Crippen LogP contribution is -2.51. The lowest BCUT2D eigenvalue weighted by atomic mass is 10.1. The molecule has 0 aromatic rings. The molecule has 7 heteroatoms. The molecule has 0 amide bonds. The van der Waals surface area contributed by atoms with Gasteiger partial charge in [0.25, 0.3) is 10.2 Å². The van der Waals surface area contributed by atoms with Crippen molar-refractivity contribution in [3.63, 3.8) is 0 Å². The van der Waals surface area contributed by atoms with Gasteiger partial charge >= 0.3 is 0 Å². The molecule has 96 valence electrons. The Labute approximate surface area is 97.2 Å². The minimum Gasteiger partial charge on any atom is -0.391 e. The number of hydrogen-bond donors (Lipinski definition) is 3. The van der Waals surface area contributed by atoms with E-state index in [0.29, 0.717) is 26.2 Å². The van der Waals surface area contributed by atoms with Gasteiger partial charge in [-0.3, -0.25) is 0 Å². The summed E-state index contributed by atoms with van der Waals surface area (Å²) in [6, 6.07) is 0. The molecule has 0 aromatic carbocycles. The third-order valence-electron chi connectivity index (χ3n) is 2.66. The van der Waals surface area contributed by atoms with E-state index in [4.69, 9.17) is 0 Å². The van der Waals surface area contributed by atoms with Crippen molar-refractivity contribution in [3.8, 4) is 0 Å². The molecule has 16 heavy (non-hydrogen) atoms. The van der Waals surface area contributed by atoms with Crippen molar-refractivity contribution in [2.24, 2.45) is 5.92 Å². The first-order chi connectivity index (χ1) is 7.43. The Kier molecular flexibility index (Phi) is 5.13. The predicted molar refractivity (Wildman–Crippen MR) is 62.2 cm³/mol. The summed E-state index contributed by atoms with van der Waals surface area (Å²) >= 11 is 0. The van der Waals surface area contributed by atoms with Gasteiger partial charge < -0.3 is 10.4 Å². The van der Waals surface area contributed by atoms with Crippen molar-refractivity contribution in [2.75, 3.05) is 32.7 Å². The maximum absolute atomic E-state index is 11.8. The van der Waals surface area contributed by atoms with Crippen LogP contribution >= 0.6 is 0 Å². The summed E-state index contributed by atoms with van der Waals surface area (Å²) < 4.78 is 27.4. The predicted octanol–water partition coefficient (Wildman–Crippen LogP) is -1.26. The van der Waals surface area contributed by atoms with Crippen LogP contribution in [0.3, 0.4) is 0 Å². The zero-order valence-corrected chi connectivity index (χ0v) is 10.6. The first-order valence-electron chi connectivity index (χ1n) is 5.57. The highest BCUT2D eigenvalue weighted by Crippen LogP contribution is 2.03. The molecule has 1 unspecified atom stereocenters. The fourth-order valence-corrected chi connectivity index (χ4v) is 2.63. The largest absolute Gasteiger partial charge is 0.391 e. The van der Waals surface area contributed by atoms with Gasteiger partial charge in [0.05, 0.1) is 6.10 Å². The summed E-state index contributed by atoms with van der Waals surface area (Å²) in [7, 11) is -3.43. The molecule has 0 aliphatic carbocycles. The molecule has 1 atom stereocenters. The lowest BCUT2D eigenvalue weighted by Gasteiger charge is -2.27. The van der Waals surface area contributed by atoms with Gasteiger partial charge in [0.1, 0.15) is 0 Å². The van der Waals surface area contributed by atoms with Crippen molar-refractivity contribution in [1.82, 2.24) is 14.3 Å². The lowest BCUT2D eigenvalue weighted by molar-refractivity contribution is 0.129. The molecule has 1 heterocycles. The van der Waals surface area contributed by atoms with Crippen molar-refractivity contribution in [1.29, 1.82) is 0 Å². The van der Waals surface area contributed by atoms with E-state index in [1.807, 2.05) is 13.8 Å². The van der Waals surface area contributed by atoms with Crippen LogP contribution in [0.25, 0.3) is 0 Å². The Morgan fingerprint density at radius 1 is 1.38 bits per heavy atom. The molecule has 1 rings (SSSR count). The molecule has 1 fully saturated rings. The van der Waals surface area contributed by atoms with Crippen LogP contribution in [0.5, 0.6) is 0 Å². The maximum atomic E-state index is 11.8. The van der Waals surface area contributed by atoms with Gasteiger partial charge in [-0.25, -0.2) is 0 Å². The van der Waals surface area contributed by atoms with E-state index in [-0.39, 0.29) is 12.5 Å². The second-order valence-corrected chi connectivity index (χ2v) is 6.07. The number of aliphatic hydroxyl groups is 1. The van der Waals surface area contributed by atoms with Crippen LogP contribution in [0.15, 0.2) is 0 Å². The Morgan fingerprint density at radius 2 is 1.94 bits per heavy atom. The molecule has 6 nitrogen and oxygen atoms in total. The average Bonchev–Trinajstić information content (AvgIpc) is 2.27. The zero-order valence-electron chi connectivity index (χ0n) is 9.81. The maximum Gasteiger partial charge on any atom is 0.279 e. The van der Waals surface area contributed by atoms with E-state index < -0.39 is 16.3 Å². The second-order valence-electron chi connectivity index (χ2n) is 4.31. The summed E-state index contributed by atoms with van der Waals surface area (Å²) in [5, 5.41) is 12.6. The van der Waals surface area contributed by atoms with Crippen molar-refractivity contribution < 1.29 is 13.5 Å². The minimum absolute atomic E-state index is 0.0470. The first-order valence-corrected chi connectivity index (χ1v) is 7.01. The van der Waals surface area contributed by atoms with Gasteiger partial charge in [0, 0.05) is 32.7 Å². The smallest absolute Gasteiger partial charge is 0.279 e. The average molecular weight is 251 g/mol. The van der Waals surface area contributed by atoms with Crippen molar-refractivity contribution in [2.45, 2.75) is 20.0 Å². The molecular formula is C9H21N3O3S. The molecule has 3 N–H and O–H groups in total. The number of piperazine rings is 1. The topological polar surface area (TPSA) is 81.7 Å². The van der Waals surface area contributed by atoms with E-state index in [0.717, 1.165) is 0 Å². The van der Waals surface area contributed by atoms with Crippen molar-refractivity contribution in [3.05, 3.63) is 0 Å². The number of aliphatic hydroxyl groups excluding tert-OH is 1. The third kappa shape index (κ3) is 3.99. The van der Waals surface area contributed by atoms with Gasteiger partial charge in [-0.05, 0) is 5.92 Å². The highest BCUT2D eigenvalue weighted by Gasteiger charge is 2.24. The molecule has 1 aliphatic rings. The SMILES string of the molecule is CC(C)C(O)CNS(=O)(=O)N1CCNCC1. The Balaban J connectivity index is 2.44. The van der Waals surface area contributed by atoms with Crippen LogP contribution in [-0.2, 0) is 10.2 Å². The Bertz CT molecular complexity index is 299. The van der Waals surface area contributed by atoms with Crippen LogP contribution in [0.4, 0.5) is 0 Å². The summed E-state index contributed by atoms with van der Waals surface area (Å²) in [5.74, 6) is 0.0470. The van der Waals surface area contributed by atoms with E-state index in [1.54, 1.807) is 0 Å². The van der Waals surface area contributed by atoms with Crippen molar-refractivity contribution >= 4 is 10.2 Å². The molecule has 0 saturated carbocycles. The van der Waals surface area contributed by atoms with Gasteiger partial charge in [0.2, 0.25) is 0 Å². The van der Waals surface area contributed by atoms with Crippen LogP contribution in [0.2, 0.25) is 0 Å². The zero-order chi connectivity index (χ0) is 12.2. The van der Waals surface area contributed by atoms with Gasteiger partial charge in [-0.1, -0.05) is 13.8 Å². The third-order valence-corrected chi connectivity index (χ3v) is 4.24. The van der Waals surface area contributed by atoms with E-state index >= 15 is 0 Å². The highest BCUT2D eigenvalue weighted by molar-refractivity contribution is 7.87. The summed E-state index contributed by atoms with van der Waals surface area (Å²) in [4.78, 5) is 0. The fraction of sp³-hybridized carbons (Fsp3) is 1.00. The number of nitrogens with one attached hydrogen (secondary N) is 2. The van der Waals surface area contributed by atoms with E-state index in [2.05, 4.69) is 10.0 Å². The van der Waals surface area contributed by atoms with Gasteiger partial charge in [0.15, 0.2) is 0 Å². The molecule has 0 bridgehead atoms. The summed E-state index contributed by atoms with van der Waals surface area (Å²) in [6.07, 6.45) is -0.641. The first kappa shape index (κ1) is 13.9. The van der Waals surface area contributed by atoms with Crippen LogP contribution in [0.1, 0.15) is 13.8 Å². The van der Waals surface area contributed by atoms with Crippen LogP contribution in [-0.4, -0.2) is 56.7 Å². The second kappa shape index (κ2) is 5.92. The summed E-state index contributed by atoms with van der Waals surface area (Å²) in [6.45, 7) is 6.08. The molecule has 0 aromatic heterocycles. The highest BCUT2D eigenvalue weighted by atomic mass is 32.2. The standard InChI is InChI=1S/C9H21N3O3S/c1-8(2)9(13)7-11-16(14,15)12-5-3-10-4-6-12/h8-11,13H,3-7H2,1-2H3. The molecular weight excluding hydrogens is 230 g/mol. The molecule has 0 spiro atoms. The summed E-state index contributed by atoms with van der Waals surface area (Å²) in [5.41, 5.74) is 0. The molecule has 0 radical (unpaired) electrons. The monoisotopic (exact) mass is 251 g/mol. The number of nitrogens with zero attached hydrogens (tertiary/aromatic N) is 1. The van der Waals surface area contributed by atoms with Gasteiger partial charge in [-0.2, -0.15) is 17.4 Å². The number of hydrogen-bond acceptors (Lipinski definition) is 4. The van der Waals surface area contributed by atoms with Gasteiger partial charge in [-0.15, -0.1) is 0 Å². The molecule has 1 saturated heterocycles. The Morgan fingerprint density at radius 3 is 2.44 bits per heavy atom.